The smallest absolute Gasteiger partial charge is 0.227 e. The molecule has 2 heterocycles. The summed E-state index contributed by atoms with van der Waals surface area (Å²) in [5.74, 6) is 1.02. The number of hydrogen-bond donors (Lipinski definition) is 0. The van der Waals surface area contributed by atoms with Crippen molar-refractivity contribution in [2.75, 3.05) is 33.3 Å². The van der Waals surface area contributed by atoms with Gasteiger partial charge in [0.05, 0.1) is 25.4 Å². The molecule has 2 aromatic carbocycles. The molecular formula is C25H28N4O3. The highest BCUT2D eigenvalue weighted by molar-refractivity contribution is 5.80. The molecule has 1 fully saturated rings. The maximum Gasteiger partial charge on any atom is 0.227 e. The van der Waals surface area contributed by atoms with Crippen LogP contribution in [0.4, 0.5) is 0 Å². The molecule has 2 amide bonds. The second-order valence-corrected chi connectivity index (χ2v) is 7.92. The fourth-order valence-electron chi connectivity index (χ4n) is 3.87. The minimum absolute atomic E-state index is 0.0722. The Balaban J connectivity index is 1.23. The third-order valence-electron chi connectivity index (χ3n) is 5.78. The molecule has 166 valence electrons. The van der Waals surface area contributed by atoms with E-state index < -0.39 is 0 Å². The normalized spacial score (nSPS) is 13.8. The second kappa shape index (κ2) is 10.1. The lowest BCUT2D eigenvalue weighted by atomic mass is 10.1. The molecule has 0 spiro atoms. The van der Waals surface area contributed by atoms with E-state index in [0.29, 0.717) is 45.4 Å². The van der Waals surface area contributed by atoms with E-state index in [2.05, 4.69) is 5.10 Å². The van der Waals surface area contributed by atoms with E-state index in [1.54, 1.807) is 18.0 Å². The molecule has 0 saturated carbocycles. The van der Waals surface area contributed by atoms with Crippen molar-refractivity contribution in [3.63, 3.8) is 0 Å². The zero-order valence-corrected chi connectivity index (χ0v) is 18.3. The van der Waals surface area contributed by atoms with Gasteiger partial charge in [0.1, 0.15) is 5.75 Å². The van der Waals surface area contributed by atoms with Crippen molar-refractivity contribution in [1.29, 1.82) is 0 Å². The van der Waals surface area contributed by atoms with Gasteiger partial charge in [0, 0.05) is 38.8 Å². The average molecular weight is 433 g/mol. The van der Waals surface area contributed by atoms with Gasteiger partial charge < -0.3 is 14.5 Å². The Hall–Kier alpha value is -3.61. The third-order valence-corrected chi connectivity index (χ3v) is 5.78. The topological polar surface area (TPSA) is 67.7 Å². The van der Waals surface area contributed by atoms with E-state index in [0.717, 1.165) is 22.6 Å². The molecule has 7 nitrogen and oxygen atoms in total. The predicted molar refractivity (Wildman–Crippen MR) is 122 cm³/mol. The lowest BCUT2D eigenvalue weighted by Gasteiger charge is -2.35. The van der Waals surface area contributed by atoms with Crippen LogP contribution in [0.5, 0.6) is 5.75 Å². The van der Waals surface area contributed by atoms with Crippen molar-refractivity contribution in [1.82, 2.24) is 19.6 Å². The van der Waals surface area contributed by atoms with Gasteiger partial charge >= 0.3 is 0 Å². The summed E-state index contributed by atoms with van der Waals surface area (Å²) in [7, 11) is 1.64. The highest BCUT2D eigenvalue weighted by Crippen LogP contribution is 2.14. The molecule has 0 radical (unpaired) electrons. The van der Waals surface area contributed by atoms with Gasteiger partial charge in [-0.15, -0.1) is 0 Å². The van der Waals surface area contributed by atoms with Gasteiger partial charge in [-0.05, 0) is 41.8 Å². The first-order chi connectivity index (χ1) is 15.6. The van der Waals surface area contributed by atoms with Crippen LogP contribution >= 0.6 is 0 Å². The standard InChI is InChI=1S/C25H28N4O3/c1-32-23-10-7-20(8-11-23)9-12-24(30)27-13-15-28(16-14-27)25(31)17-21-18-26-29(19-21)22-5-3-2-4-6-22/h2-8,10-11,18-19H,9,12-17H2,1H3. The van der Waals surface area contributed by atoms with Gasteiger partial charge in [-0.2, -0.15) is 5.10 Å². The summed E-state index contributed by atoms with van der Waals surface area (Å²) in [5, 5.41) is 4.36. The number of para-hydroxylation sites is 1. The van der Waals surface area contributed by atoms with Gasteiger partial charge in [0.2, 0.25) is 11.8 Å². The summed E-state index contributed by atoms with van der Waals surface area (Å²) in [4.78, 5) is 29.0. The van der Waals surface area contributed by atoms with Crippen LogP contribution in [0.3, 0.4) is 0 Å². The Kier molecular flexibility index (Phi) is 6.84. The number of amides is 2. The Morgan fingerprint density at radius 1 is 0.875 bits per heavy atom. The molecule has 1 aromatic heterocycles. The Bertz CT molecular complexity index is 1040. The van der Waals surface area contributed by atoms with E-state index in [1.165, 1.54) is 0 Å². The van der Waals surface area contributed by atoms with Crippen molar-refractivity contribution in [2.24, 2.45) is 0 Å². The SMILES string of the molecule is COc1ccc(CCC(=O)N2CCN(C(=O)Cc3cnn(-c4ccccc4)c3)CC2)cc1. The number of methoxy groups -OCH3 is 1. The van der Waals surface area contributed by atoms with Crippen LogP contribution in [0.2, 0.25) is 0 Å². The molecule has 1 aliphatic heterocycles. The van der Waals surface area contributed by atoms with Crippen molar-refractivity contribution in [2.45, 2.75) is 19.3 Å². The number of aryl methyl sites for hydroxylation is 1. The van der Waals surface area contributed by atoms with Gasteiger partial charge in [0.25, 0.3) is 0 Å². The van der Waals surface area contributed by atoms with Crippen molar-refractivity contribution in [3.8, 4) is 11.4 Å². The molecule has 0 aliphatic carbocycles. The van der Waals surface area contributed by atoms with E-state index in [9.17, 15) is 9.59 Å². The molecule has 4 rings (SSSR count). The maximum absolute atomic E-state index is 12.7. The molecule has 7 heteroatoms. The number of carbonyl (C=O) groups excluding carboxylic acids is 2. The lowest BCUT2D eigenvalue weighted by Crippen LogP contribution is -2.51. The Labute approximate surface area is 188 Å². The van der Waals surface area contributed by atoms with Gasteiger partial charge in [0.15, 0.2) is 0 Å². The minimum atomic E-state index is 0.0722. The van der Waals surface area contributed by atoms with Crippen LogP contribution in [0.1, 0.15) is 17.5 Å². The number of ether oxygens (including phenoxy) is 1. The molecule has 32 heavy (non-hydrogen) atoms. The first-order valence-corrected chi connectivity index (χ1v) is 10.9. The Morgan fingerprint density at radius 2 is 1.53 bits per heavy atom. The van der Waals surface area contributed by atoms with E-state index >= 15 is 0 Å². The predicted octanol–water partition coefficient (Wildman–Crippen LogP) is 2.73. The number of hydrogen-bond acceptors (Lipinski definition) is 4. The summed E-state index contributed by atoms with van der Waals surface area (Å²) in [6.07, 6.45) is 5.13. The van der Waals surface area contributed by atoms with Crippen LogP contribution < -0.4 is 4.74 Å². The first kappa shape index (κ1) is 21.6. The molecule has 0 atom stereocenters. The Morgan fingerprint density at radius 3 is 2.19 bits per heavy atom. The number of benzene rings is 2. The molecule has 0 N–H and O–H groups in total. The van der Waals surface area contributed by atoms with Crippen LogP contribution in [0, 0.1) is 0 Å². The van der Waals surface area contributed by atoms with Crippen LogP contribution in [0.25, 0.3) is 5.69 Å². The zero-order chi connectivity index (χ0) is 22.3. The molecule has 1 saturated heterocycles. The molecular weight excluding hydrogens is 404 g/mol. The molecule has 0 unspecified atom stereocenters. The summed E-state index contributed by atoms with van der Waals surface area (Å²) in [6.45, 7) is 2.30. The fraction of sp³-hybridized carbons (Fsp3) is 0.320. The van der Waals surface area contributed by atoms with Crippen molar-refractivity contribution < 1.29 is 14.3 Å². The number of rotatable bonds is 7. The van der Waals surface area contributed by atoms with E-state index in [1.807, 2.05) is 70.6 Å². The number of nitrogens with zero attached hydrogens (tertiary/aromatic N) is 4. The largest absolute Gasteiger partial charge is 0.497 e. The number of carbonyl (C=O) groups is 2. The lowest BCUT2D eigenvalue weighted by molar-refractivity contribution is -0.139. The fourth-order valence-corrected chi connectivity index (χ4v) is 3.87. The van der Waals surface area contributed by atoms with E-state index in [4.69, 9.17) is 4.74 Å². The van der Waals surface area contributed by atoms with Gasteiger partial charge in [-0.1, -0.05) is 30.3 Å². The summed E-state index contributed by atoms with van der Waals surface area (Å²) in [6, 6.07) is 17.6. The van der Waals surface area contributed by atoms with Crippen molar-refractivity contribution in [3.05, 3.63) is 78.1 Å². The average Bonchev–Trinajstić information content (AvgIpc) is 3.32. The maximum atomic E-state index is 12.7. The van der Waals surface area contributed by atoms with E-state index in [-0.39, 0.29) is 11.8 Å². The molecule has 1 aliphatic rings. The quantitative estimate of drug-likeness (QED) is 0.576. The van der Waals surface area contributed by atoms with Crippen LogP contribution in [-0.4, -0.2) is 64.7 Å². The second-order valence-electron chi connectivity index (χ2n) is 7.92. The third kappa shape index (κ3) is 5.35. The van der Waals surface area contributed by atoms with Crippen molar-refractivity contribution >= 4 is 11.8 Å². The van der Waals surface area contributed by atoms with Gasteiger partial charge in [-0.25, -0.2) is 4.68 Å². The molecule has 3 aromatic rings. The minimum Gasteiger partial charge on any atom is -0.497 e. The molecule has 0 bridgehead atoms. The summed E-state index contributed by atoms with van der Waals surface area (Å²) >= 11 is 0. The first-order valence-electron chi connectivity index (χ1n) is 10.9. The summed E-state index contributed by atoms with van der Waals surface area (Å²) < 4.78 is 6.95. The summed E-state index contributed by atoms with van der Waals surface area (Å²) in [5.41, 5.74) is 2.97. The zero-order valence-electron chi connectivity index (χ0n) is 18.3. The van der Waals surface area contributed by atoms with Gasteiger partial charge in [-0.3, -0.25) is 9.59 Å². The highest BCUT2D eigenvalue weighted by atomic mass is 16.5. The number of aromatic nitrogens is 2. The monoisotopic (exact) mass is 432 g/mol. The van der Waals surface area contributed by atoms with Crippen LogP contribution in [0.15, 0.2) is 67.0 Å². The number of piperazine rings is 1. The van der Waals surface area contributed by atoms with Crippen LogP contribution in [-0.2, 0) is 22.4 Å². The highest BCUT2D eigenvalue weighted by Gasteiger charge is 2.24.